The molecule has 0 spiro atoms. The highest BCUT2D eigenvalue weighted by Crippen LogP contribution is 2.17. The fourth-order valence-corrected chi connectivity index (χ4v) is 1.33. The smallest absolute Gasteiger partial charge is 0.239 e. The van der Waals surface area contributed by atoms with Crippen molar-refractivity contribution in [2.75, 3.05) is 26.2 Å². The van der Waals surface area contributed by atoms with E-state index in [1.54, 1.807) is 18.7 Å². The van der Waals surface area contributed by atoms with Gasteiger partial charge in [-0.15, -0.1) is 0 Å². The quantitative estimate of drug-likeness (QED) is 0.594. The normalized spacial score (nSPS) is 17.9. The van der Waals surface area contributed by atoms with E-state index >= 15 is 0 Å². The Hall–Kier alpha value is -1.10. The third-order valence-corrected chi connectivity index (χ3v) is 2.41. The number of carbonyl (C=O) groups is 2. The van der Waals surface area contributed by atoms with Crippen molar-refractivity contribution in [3.05, 3.63) is 0 Å². The molecule has 0 aromatic carbocycles. The molecular formula is C9H17N3O2. The number of nitrogens with one attached hydrogen (secondary N) is 1. The van der Waals surface area contributed by atoms with Gasteiger partial charge in [0.05, 0.1) is 12.0 Å². The molecule has 1 saturated heterocycles. The molecule has 1 heterocycles. The van der Waals surface area contributed by atoms with Crippen LogP contribution in [0.5, 0.6) is 0 Å². The largest absolute Gasteiger partial charge is 0.353 e. The van der Waals surface area contributed by atoms with Gasteiger partial charge in [-0.05, 0) is 13.8 Å². The lowest BCUT2D eigenvalue weighted by Crippen LogP contribution is -2.54. The first kappa shape index (κ1) is 11.0. The molecule has 0 bridgehead atoms. The molecule has 5 heteroatoms. The molecule has 80 valence electrons. The molecule has 0 saturated carbocycles. The third kappa shape index (κ3) is 2.23. The molecular weight excluding hydrogens is 182 g/mol. The first-order chi connectivity index (χ1) is 6.47. The van der Waals surface area contributed by atoms with Gasteiger partial charge in [-0.25, -0.2) is 0 Å². The Morgan fingerprint density at radius 3 is 2.79 bits per heavy atom. The first-order valence-corrected chi connectivity index (χ1v) is 4.73. The van der Waals surface area contributed by atoms with E-state index in [0.717, 1.165) is 0 Å². The number of nitrogens with zero attached hydrogens (tertiary/aromatic N) is 1. The van der Waals surface area contributed by atoms with E-state index in [2.05, 4.69) is 5.32 Å². The van der Waals surface area contributed by atoms with Crippen molar-refractivity contribution >= 4 is 11.8 Å². The SMILES string of the molecule is CC(C)(CN)C(=O)N1CCNC(=O)C1. The van der Waals surface area contributed by atoms with Gasteiger partial charge < -0.3 is 16.0 Å². The summed E-state index contributed by atoms with van der Waals surface area (Å²) in [6.45, 7) is 5.15. The zero-order valence-electron chi connectivity index (χ0n) is 8.67. The van der Waals surface area contributed by atoms with Crippen LogP contribution in [0.25, 0.3) is 0 Å². The number of piperazine rings is 1. The lowest BCUT2D eigenvalue weighted by Gasteiger charge is -2.33. The zero-order chi connectivity index (χ0) is 10.8. The van der Waals surface area contributed by atoms with Gasteiger partial charge in [0.1, 0.15) is 0 Å². The lowest BCUT2D eigenvalue weighted by molar-refractivity contribution is -0.144. The van der Waals surface area contributed by atoms with Crippen molar-refractivity contribution in [3.63, 3.8) is 0 Å². The minimum Gasteiger partial charge on any atom is -0.353 e. The van der Waals surface area contributed by atoms with Crippen molar-refractivity contribution < 1.29 is 9.59 Å². The van der Waals surface area contributed by atoms with Crippen molar-refractivity contribution in [2.24, 2.45) is 11.1 Å². The Bertz CT molecular complexity index is 250. The van der Waals surface area contributed by atoms with E-state index < -0.39 is 5.41 Å². The van der Waals surface area contributed by atoms with Crippen LogP contribution in [0.4, 0.5) is 0 Å². The van der Waals surface area contributed by atoms with Crippen LogP contribution in [0.1, 0.15) is 13.8 Å². The molecule has 0 radical (unpaired) electrons. The Morgan fingerprint density at radius 1 is 1.64 bits per heavy atom. The summed E-state index contributed by atoms with van der Waals surface area (Å²) in [7, 11) is 0. The highest BCUT2D eigenvalue weighted by molar-refractivity contribution is 5.88. The van der Waals surface area contributed by atoms with Crippen molar-refractivity contribution in [2.45, 2.75) is 13.8 Å². The zero-order valence-corrected chi connectivity index (χ0v) is 8.67. The van der Waals surface area contributed by atoms with Crippen LogP contribution >= 0.6 is 0 Å². The number of carbonyl (C=O) groups excluding carboxylic acids is 2. The van der Waals surface area contributed by atoms with E-state index in [4.69, 9.17) is 5.73 Å². The van der Waals surface area contributed by atoms with Gasteiger partial charge in [0.2, 0.25) is 11.8 Å². The van der Waals surface area contributed by atoms with Crippen LogP contribution < -0.4 is 11.1 Å². The van der Waals surface area contributed by atoms with Crippen LogP contribution in [0, 0.1) is 5.41 Å². The van der Waals surface area contributed by atoms with Gasteiger partial charge in [0.15, 0.2) is 0 Å². The highest BCUT2D eigenvalue weighted by atomic mass is 16.2. The number of hydrogen-bond acceptors (Lipinski definition) is 3. The van der Waals surface area contributed by atoms with Crippen LogP contribution in [-0.2, 0) is 9.59 Å². The van der Waals surface area contributed by atoms with Gasteiger partial charge >= 0.3 is 0 Å². The minimum absolute atomic E-state index is 0.0464. The molecule has 5 nitrogen and oxygen atoms in total. The number of rotatable bonds is 2. The molecule has 2 amide bonds. The van der Waals surface area contributed by atoms with Gasteiger partial charge in [-0.1, -0.05) is 0 Å². The summed E-state index contributed by atoms with van der Waals surface area (Å²) in [4.78, 5) is 24.5. The van der Waals surface area contributed by atoms with Gasteiger partial charge in [0.25, 0.3) is 0 Å². The molecule has 0 aliphatic carbocycles. The van der Waals surface area contributed by atoms with Crippen molar-refractivity contribution in [1.82, 2.24) is 10.2 Å². The van der Waals surface area contributed by atoms with E-state index in [0.29, 0.717) is 19.6 Å². The predicted molar refractivity (Wildman–Crippen MR) is 52.4 cm³/mol. The summed E-state index contributed by atoms with van der Waals surface area (Å²) in [5.41, 5.74) is 4.93. The summed E-state index contributed by atoms with van der Waals surface area (Å²) in [6.07, 6.45) is 0. The van der Waals surface area contributed by atoms with Gasteiger partial charge in [-0.3, -0.25) is 9.59 Å². The molecule has 0 aromatic rings. The summed E-state index contributed by atoms with van der Waals surface area (Å²) in [5, 5.41) is 2.67. The Labute approximate surface area is 83.6 Å². The summed E-state index contributed by atoms with van der Waals surface area (Å²) >= 11 is 0. The monoisotopic (exact) mass is 199 g/mol. The number of hydrogen-bond donors (Lipinski definition) is 2. The van der Waals surface area contributed by atoms with E-state index in [9.17, 15) is 9.59 Å². The maximum absolute atomic E-state index is 11.9. The van der Waals surface area contributed by atoms with E-state index in [-0.39, 0.29) is 18.4 Å². The molecule has 3 N–H and O–H groups in total. The van der Waals surface area contributed by atoms with E-state index in [1.807, 2.05) is 0 Å². The molecule has 1 rings (SSSR count). The molecule has 1 aliphatic heterocycles. The average molecular weight is 199 g/mol. The van der Waals surface area contributed by atoms with Crippen LogP contribution in [0.3, 0.4) is 0 Å². The Morgan fingerprint density at radius 2 is 2.29 bits per heavy atom. The topological polar surface area (TPSA) is 75.4 Å². The second-order valence-electron chi connectivity index (χ2n) is 4.16. The lowest BCUT2D eigenvalue weighted by atomic mass is 9.91. The van der Waals surface area contributed by atoms with Gasteiger partial charge in [-0.2, -0.15) is 0 Å². The van der Waals surface area contributed by atoms with Crippen molar-refractivity contribution in [1.29, 1.82) is 0 Å². The standard InChI is InChI=1S/C9H17N3O2/c1-9(2,6-10)8(14)12-4-3-11-7(13)5-12/h3-6,10H2,1-2H3,(H,11,13). The number of nitrogens with two attached hydrogens (primary N) is 1. The second-order valence-corrected chi connectivity index (χ2v) is 4.16. The molecule has 1 fully saturated rings. The Kier molecular flexibility index (Phi) is 3.10. The van der Waals surface area contributed by atoms with E-state index in [1.165, 1.54) is 0 Å². The molecule has 0 aromatic heterocycles. The van der Waals surface area contributed by atoms with Crippen LogP contribution in [-0.4, -0.2) is 42.9 Å². The van der Waals surface area contributed by atoms with Crippen LogP contribution in [0.2, 0.25) is 0 Å². The third-order valence-electron chi connectivity index (χ3n) is 2.41. The fourth-order valence-electron chi connectivity index (χ4n) is 1.33. The average Bonchev–Trinajstić information content (AvgIpc) is 2.16. The van der Waals surface area contributed by atoms with Gasteiger partial charge in [0, 0.05) is 19.6 Å². The fraction of sp³-hybridized carbons (Fsp3) is 0.778. The molecule has 0 unspecified atom stereocenters. The van der Waals surface area contributed by atoms with Crippen LogP contribution in [0.15, 0.2) is 0 Å². The minimum atomic E-state index is -0.572. The second kappa shape index (κ2) is 3.96. The molecule has 0 atom stereocenters. The van der Waals surface area contributed by atoms with Crippen molar-refractivity contribution in [3.8, 4) is 0 Å². The summed E-state index contributed by atoms with van der Waals surface area (Å²) < 4.78 is 0. The molecule has 14 heavy (non-hydrogen) atoms. The predicted octanol–water partition coefficient (Wildman–Crippen LogP) is -1.07. The maximum Gasteiger partial charge on any atom is 0.239 e. The summed E-state index contributed by atoms with van der Waals surface area (Å²) in [6, 6.07) is 0. The maximum atomic E-state index is 11.9. The first-order valence-electron chi connectivity index (χ1n) is 4.73. The Balaban J connectivity index is 2.64. The highest BCUT2D eigenvalue weighted by Gasteiger charge is 2.32. The number of amides is 2. The molecule has 1 aliphatic rings. The summed E-state index contributed by atoms with van der Waals surface area (Å²) in [5.74, 6) is -0.146.